The first-order valence-corrected chi connectivity index (χ1v) is 5.13. The molecule has 0 aliphatic heterocycles. The zero-order chi connectivity index (χ0) is 10.1. The molecule has 0 saturated carbocycles. The standard InChI is InChI=1S/C8H11O4P/c1-6-3-7(2)5-8(4-6)12-13(9,10)11/h3-5H,1-2H3,(H2,9,10,11)/p-2. The fourth-order valence-electron chi connectivity index (χ4n) is 1.11. The summed E-state index contributed by atoms with van der Waals surface area (Å²) >= 11 is 0. The second-order valence-electron chi connectivity index (χ2n) is 2.86. The van der Waals surface area contributed by atoms with Crippen LogP contribution in [0.5, 0.6) is 5.75 Å². The van der Waals surface area contributed by atoms with Crippen LogP contribution >= 0.6 is 7.82 Å². The maximum Gasteiger partial charge on any atom is 0.124 e. The third kappa shape index (κ3) is 3.59. The topological polar surface area (TPSA) is 72.4 Å². The summed E-state index contributed by atoms with van der Waals surface area (Å²) in [4.78, 5) is 20.5. The van der Waals surface area contributed by atoms with Gasteiger partial charge in [0.25, 0.3) is 0 Å². The van der Waals surface area contributed by atoms with E-state index in [1.54, 1.807) is 13.8 Å². The monoisotopic (exact) mass is 200 g/mol. The molecular weight excluding hydrogens is 191 g/mol. The first-order valence-electron chi connectivity index (χ1n) is 3.67. The van der Waals surface area contributed by atoms with Crippen molar-refractivity contribution >= 4 is 7.82 Å². The molecule has 0 heterocycles. The molecule has 0 aromatic heterocycles. The van der Waals surface area contributed by atoms with E-state index in [1.165, 1.54) is 12.1 Å². The Morgan fingerprint density at radius 1 is 1.15 bits per heavy atom. The van der Waals surface area contributed by atoms with Gasteiger partial charge >= 0.3 is 0 Å². The van der Waals surface area contributed by atoms with Gasteiger partial charge in [-0.25, -0.2) is 0 Å². The van der Waals surface area contributed by atoms with E-state index in [0.717, 1.165) is 11.1 Å². The molecule has 0 aliphatic carbocycles. The molecule has 13 heavy (non-hydrogen) atoms. The maximum atomic E-state index is 10.3. The van der Waals surface area contributed by atoms with Crippen LogP contribution in [-0.2, 0) is 4.57 Å². The Morgan fingerprint density at radius 3 is 2.00 bits per heavy atom. The number of hydrogen-bond donors (Lipinski definition) is 0. The summed E-state index contributed by atoms with van der Waals surface area (Å²) < 4.78 is 14.5. The van der Waals surface area contributed by atoms with Crippen molar-refractivity contribution in [2.45, 2.75) is 13.8 Å². The van der Waals surface area contributed by atoms with Gasteiger partial charge in [0.05, 0.1) is 0 Å². The minimum atomic E-state index is -4.93. The van der Waals surface area contributed by atoms with Crippen molar-refractivity contribution in [3.63, 3.8) is 0 Å². The van der Waals surface area contributed by atoms with E-state index in [0.29, 0.717) is 0 Å². The highest BCUT2D eigenvalue weighted by Gasteiger charge is 1.98. The zero-order valence-corrected chi connectivity index (χ0v) is 8.21. The summed E-state index contributed by atoms with van der Waals surface area (Å²) in [6, 6.07) is 4.85. The zero-order valence-electron chi connectivity index (χ0n) is 7.31. The van der Waals surface area contributed by atoms with Crippen LogP contribution in [0.1, 0.15) is 11.1 Å². The third-order valence-corrected chi connectivity index (χ3v) is 1.85. The predicted octanol–water partition coefficient (Wildman–Crippen LogP) is 0.511. The number of aryl methyl sites for hydroxylation is 2. The summed E-state index contributed by atoms with van der Waals surface area (Å²) in [5, 5.41) is 0. The van der Waals surface area contributed by atoms with Crippen LogP contribution in [0.4, 0.5) is 0 Å². The SMILES string of the molecule is Cc1cc(C)cc(OP(=O)([O-])[O-])c1. The van der Waals surface area contributed by atoms with Gasteiger partial charge in [0.2, 0.25) is 0 Å². The average Bonchev–Trinajstić information content (AvgIpc) is 1.78. The molecule has 0 bridgehead atoms. The lowest BCUT2D eigenvalue weighted by molar-refractivity contribution is -0.333. The van der Waals surface area contributed by atoms with Crippen molar-refractivity contribution in [2.24, 2.45) is 0 Å². The van der Waals surface area contributed by atoms with Gasteiger partial charge in [0, 0.05) is 0 Å². The molecule has 0 unspecified atom stereocenters. The average molecular weight is 200 g/mol. The van der Waals surface area contributed by atoms with Crippen LogP contribution in [0.2, 0.25) is 0 Å². The van der Waals surface area contributed by atoms with E-state index in [1.807, 2.05) is 6.07 Å². The van der Waals surface area contributed by atoms with Gasteiger partial charge in [-0.2, -0.15) is 0 Å². The minimum Gasteiger partial charge on any atom is -0.780 e. The van der Waals surface area contributed by atoms with Crippen molar-refractivity contribution in [3.05, 3.63) is 29.3 Å². The van der Waals surface area contributed by atoms with Gasteiger partial charge in [0.1, 0.15) is 13.6 Å². The van der Waals surface area contributed by atoms with E-state index >= 15 is 0 Å². The largest absolute Gasteiger partial charge is 0.780 e. The molecule has 1 aromatic carbocycles. The van der Waals surface area contributed by atoms with Gasteiger partial charge in [-0.3, -0.25) is 0 Å². The summed E-state index contributed by atoms with van der Waals surface area (Å²) in [6.07, 6.45) is 0. The van der Waals surface area contributed by atoms with Gasteiger partial charge in [-0.05, 0) is 37.1 Å². The van der Waals surface area contributed by atoms with Gasteiger partial charge < -0.3 is 18.9 Å². The molecule has 0 saturated heterocycles. The molecule has 4 nitrogen and oxygen atoms in total. The lowest BCUT2D eigenvalue weighted by Gasteiger charge is -2.29. The Kier molecular flexibility index (Phi) is 2.76. The number of phosphoric ester groups is 1. The Labute approximate surface area is 76.4 Å². The molecular formula is C8H9O4P-2. The Hall–Kier alpha value is -0.830. The maximum absolute atomic E-state index is 10.3. The Balaban J connectivity index is 2.96. The summed E-state index contributed by atoms with van der Waals surface area (Å²) in [5.41, 5.74) is 1.70. The predicted molar refractivity (Wildman–Crippen MR) is 44.2 cm³/mol. The smallest absolute Gasteiger partial charge is 0.124 e. The molecule has 5 heteroatoms. The second kappa shape index (κ2) is 3.50. The van der Waals surface area contributed by atoms with Crippen LogP contribution in [0, 0.1) is 13.8 Å². The molecule has 0 spiro atoms. The van der Waals surface area contributed by atoms with Crippen LogP contribution in [0.25, 0.3) is 0 Å². The van der Waals surface area contributed by atoms with Gasteiger partial charge in [0.15, 0.2) is 0 Å². The molecule has 0 amide bonds. The molecule has 0 atom stereocenters. The lowest BCUT2D eigenvalue weighted by Crippen LogP contribution is -2.18. The number of hydrogen-bond acceptors (Lipinski definition) is 4. The molecule has 0 radical (unpaired) electrons. The van der Waals surface area contributed by atoms with E-state index in [4.69, 9.17) is 0 Å². The number of phosphoric acid groups is 1. The summed E-state index contributed by atoms with van der Waals surface area (Å²) in [7, 11) is -4.93. The van der Waals surface area contributed by atoms with Crippen molar-refractivity contribution in [1.82, 2.24) is 0 Å². The van der Waals surface area contributed by atoms with Crippen molar-refractivity contribution in [3.8, 4) is 5.75 Å². The Morgan fingerprint density at radius 2 is 1.62 bits per heavy atom. The van der Waals surface area contributed by atoms with E-state index in [-0.39, 0.29) is 5.75 Å². The third-order valence-electron chi connectivity index (χ3n) is 1.41. The quantitative estimate of drug-likeness (QED) is 0.652. The second-order valence-corrected chi connectivity index (χ2v) is 3.94. The van der Waals surface area contributed by atoms with E-state index in [2.05, 4.69) is 4.52 Å². The van der Waals surface area contributed by atoms with Gasteiger partial charge in [-0.1, -0.05) is 6.07 Å². The normalized spacial score (nSPS) is 11.4. The van der Waals surface area contributed by atoms with Crippen LogP contribution < -0.4 is 14.3 Å². The highest BCUT2D eigenvalue weighted by atomic mass is 31.2. The fraction of sp³-hybridized carbons (Fsp3) is 0.250. The molecule has 0 N–H and O–H groups in total. The van der Waals surface area contributed by atoms with Crippen molar-refractivity contribution in [2.75, 3.05) is 0 Å². The summed E-state index contributed by atoms with van der Waals surface area (Å²) in [5.74, 6) is 0.0748. The molecule has 0 fully saturated rings. The van der Waals surface area contributed by atoms with Crippen molar-refractivity contribution < 1.29 is 18.9 Å². The van der Waals surface area contributed by atoms with Crippen molar-refractivity contribution in [1.29, 1.82) is 0 Å². The highest BCUT2D eigenvalue weighted by Crippen LogP contribution is 2.30. The molecule has 0 aliphatic rings. The summed E-state index contributed by atoms with van der Waals surface area (Å²) in [6.45, 7) is 3.58. The Bertz CT molecular complexity index is 335. The minimum absolute atomic E-state index is 0.0748. The van der Waals surface area contributed by atoms with Gasteiger partial charge in [-0.15, -0.1) is 0 Å². The van der Waals surface area contributed by atoms with Crippen LogP contribution in [-0.4, -0.2) is 0 Å². The van der Waals surface area contributed by atoms with E-state index in [9.17, 15) is 14.4 Å². The van der Waals surface area contributed by atoms with E-state index < -0.39 is 7.82 Å². The highest BCUT2D eigenvalue weighted by molar-refractivity contribution is 7.43. The lowest BCUT2D eigenvalue weighted by atomic mass is 10.1. The first kappa shape index (κ1) is 10.3. The molecule has 1 rings (SSSR count). The van der Waals surface area contributed by atoms with Crippen LogP contribution in [0.3, 0.4) is 0 Å². The fourth-order valence-corrected chi connectivity index (χ4v) is 1.48. The first-order chi connectivity index (χ1) is 5.87. The molecule has 72 valence electrons. The molecule has 1 aromatic rings. The number of rotatable bonds is 2. The number of benzene rings is 1. The van der Waals surface area contributed by atoms with Crippen LogP contribution in [0.15, 0.2) is 18.2 Å².